The Bertz CT molecular complexity index is 714. The first-order chi connectivity index (χ1) is 8.90. The summed E-state index contributed by atoms with van der Waals surface area (Å²) < 4.78 is 52.7. The highest BCUT2D eigenvalue weighted by molar-refractivity contribution is 7.92. The fourth-order valence-corrected chi connectivity index (χ4v) is 2.68. The van der Waals surface area contributed by atoms with Gasteiger partial charge in [-0.1, -0.05) is 12.1 Å². The Kier molecular flexibility index (Phi) is 3.53. The second-order valence-corrected chi connectivity index (χ2v) is 5.68. The molecular weight excluding hydrogens is 272 g/mol. The Labute approximate surface area is 109 Å². The van der Waals surface area contributed by atoms with Crippen LogP contribution in [0, 0.1) is 18.6 Å². The van der Waals surface area contributed by atoms with Gasteiger partial charge in [0, 0.05) is 0 Å². The van der Waals surface area contributed by atoms with E-state index in [-0.39, 0.29) is 16.1 Å². The minimum Gasteiger partial charge on any atom is -0.277 e. The Morgan fingerprint density at radius 1 is 1.00 bits per heavy atom. The number of nitrogens with one attached hydrogen (secondary N) is 1. The van der Waals surface area contributed by atoms with Gasteiger partial charge in [0.1, 0.15) is 11.6 Å². The smallest absolute Gasteiger partial charge is 0.261 e. The largest absolute Gasteiger partial charge is 0.277 e. The van der Waals surface area contributed by atoms with Gasteiger partial charge in [-0.2, -0.15) is 0 Å². The average Bonchev–Trinajstić information content (AvgIpc) is 2.35. The Hall–Kier alpha value is -1.95. The van der Waals surface area contributed by atoms with E-state index in [0.717, 1.165) is 18.2 Å². The topological polar surface area (TPSA) is 46.2 Å². The summed E-state index contributed by atoms with van der Waals surface area (Å²) in [5, 5.41) is 0. The van der Waals surface area contributed by atoms with Crippen molar-refractivity contribution in [3.63, 3.8) is 0 Å². The number of rotatable bonds is 3. The number of benzene rings is 2. The van der Waals surface area contributed by atoms with Crippen molar-refractivity contribution in [1.82, 2.24) is 0 Å². The van der Waals surface area contributed by atoms with Crippen LogP contribution >= 0.6 is 0 Å². The van der Waals surface area contributed by atoms with Crippen molar-refractivity contribution in [1.29, 1.82) is 0 Å². The first-order valence-corrected chi connectivity index (χ1v) is 6.92. The summed E-state index contributed by atoms with van der Waals surface area (Å²) in [6.07, 6.45) is 0. The number of para-hydroxylation sites is 1. The van der Waals surface area contributed by atoms with E-state index in [4.69, 9.17) is 0 Å². The molecule has 0 atom stereocenters. The van der Waals surface area contributed by atoms with Gasteiger partial charge in [0.25, 0.3) is 10.0 Å². The molecule has 3 nitrogen and oxygen atoms in total. The van der Waals surface area contributed by atoms with Gasteiger partial charge in [0.05, 0.1) is 10.6 Å². The molecule has 0 unspecified atom stereocenters. The fourth-order valence-electron chi connectivity index (χ4n) is 1.53. The number of sulfonamides is 1. The lowest BCUT2D eigenvalue weighted by Crippen LogP contribution is -2.14. The molecule has 19 heavy (non-hydrogen) atoms. The van der Waals surface area contributed by atoms with E-state index >= 15 is 0 Å². The van der Waals surface area contributed by atoms with Crippen LogP contribution in [0.25, 0.3) is 0 Å². The highest BCUT2D eigenvalue weighted by atomic mass is 32.2. The lowest BCUT2D eigenvalue weighted by Gasteiger charge is -2.09. The molecule has 100 valence electrons. The number of hydrogen-bond acceptors (Lipinski definition) is 2. The molecule has 0 amide bonds. The predicted octanol–water partition coefficient (Wildman–Crippen LogP) is 3.07. The Morgan fingerprint density at radius 3 is 2.32 bits per heavy atom. The zero-order chi connectivity index (χ0) is 14.0. The lowest BCUT2D eigenvalue weighted by atomic mass is 10.2. The van der Waals surface area contributed by atoms with Crippen LogP contribution in [-0.2, 0) is 10.0 Å². The van der Waals surface area contributed by atoms with Crippen LogP contribution in [0.1, 0.15) is 5.56 Å². The van der Waals surface area contributed by atoms with Crippen molar-refractivity contribution >= 4 is 15.7 Å². The summed E-state index contributed by atoms with van der Waals surface area (Å²) in [4.78, 5) is -0.116. The second kappa shape index (κ2) is 4.97. The molecule has 0 fully saturated rings. The molecule has 0 aliphatic heterocycles. The number of hydrogen-bond donors (Lipinski definition) is 1. The first-order valence-electron chi connectivity index (χ1n) is 5.43. The lowest BCUT2D eigenvalue weighted by molar-refractivity contribution is 0.596. The van der Waals surface area contributed by atoms with Crippen LogP contribution in [0.3, 0.4) is 0 Å². The van der Waals surface area contributed by atoms with Gasteiger partial charge in [-0.05, 0) is 42.8 Å². The van der Waals surface area contributed by atoms with Gasteiger partial charge in [-0.25, -0.2) is 17.2 Å². The van der Waals surface area contributed by atoms with Gasteiger partial charge < -0.3 is 0 Å². The molecule has 1 N–H and O–H groups in total. The molecule has 0 heterocycles. The molecule has 2 rings (SSSR count). The van der Waals surface area contributed by atoms with Crippen LogP contribution in [-0.4, -0.2) is 8.42 Å². The molecule has 0 aliphatic rings. The molecule has 0 spiro atoms. The van der Waals surface area contributed by atoms with Crippen LogP contribution < -0.4 is 4.72 Å². The van der Waals surface area contributed by atoms with Crippen molar-refractivity contribution in [2.24, 2.45) is 0 Å². The first kappa shape index (κ1) is 13.5. The molecule has 0 radical (unpaired) electrons. The highest BCUT2D eigenvalue weighted by Crippen LogP contribution is 2.20. The quantitative estimate of drug-likeness (QED) is 0.941. The molecule has 2 aromatic rings. The summed E-state index contributed by atoms with van der Waals surface area (Å²) in [7, 11) is -3.93. The summed E-state index contributed by atoms with van der Waals surface area (Å²) in [5.41, 5.74) is 0.0564. The maximum absolute atomic E-state index is 13.4. The van der Waals surface area contributed by atoms with Crippen molar-refractivity contribution in [3.8, 4) is 0 Å². The van der Waals surface area contributed by atoms with Gasteiger partial charge in [-0.15, -0.1) is 0 Å². The van der Waals surface area contributed by atoms with Crippen molar-refractivity contribution in [2.45, 2.75) is 11.8 Å². The predicted molar refractivity (Wildman–Crippen MR) is 68.3 cm³/mol. The molecule has 0 saturated carbocycles. The summed E-state index contributed by atoms with van der Waals surface area (Å²) in [6.45, 7) is 1.46. The van der Waals surface area contributed by atoms with Crippen molar-refractivity contribution in [2.75, 3.05) is 4.72 Å². The average molecular weight is 283 g/mol. The van der Waals surface area contributed by atoms with Crippen molar-refractivity contribution < 1.29 is 17.2 Å². The Morgan fingerprint density at radius 2 is 1.68 bits per heavy atom. The van der Waals surface area contributed by atoms with Gasteiger partial charge >= 0.3 is 0 Å². The highest BCUT2D eigenvalue weighted by Gasteiger charge is 2.16. The van der Waals surface area contributed by atoms with E-state index in [0.29, 0.717) is 0 Å². The van der Waals surface area contributed by atoms with E-state index in [2.05, 4.69) is 4.72 Å². The van der Waals surface area contributed by atoms with Crippen LogP contribution in [0.2, 0.25) is 0 Å². The van der Waals surface area contributed by atoms with Crippen LogP contribution in [0.15, 0.2) is 47.4 Å². The third kappa shape index (κ3) is 2.90. The van der Waals surface area contributed by atoms with Gasteiger partial charge in [-0.3, -0.25) is 4.72 Å². The van der Waals surface area contributed by atoms with Crippen molar-refractivity contribution in [3.05, 3.63) is 59.7 Å². The SMILES string of the molecule is Cc1cc(S(=O)(=O)Nc2ccccc2F)ccc1F. The number of halogens is 2. The molecular formula is C13H11F2NO2S. The molecule has 0 saturated heterocycles. The van der Waals surface area contributed by atoms with Crippen LogP contribution in [0.5, 0.6) is 0 Å². The monoisotopic (exact) mass is 283 g/mol. The number of aryl methyl sites for hydroxylation is 1. The molecule has 6 heteroatoms. The maximum Gasteiger partial charge on any atom is 0.261 e. The number of anilines is 1. The molecule has 0 aliphatic carbocycles. The van der Waals surface area contributed by atoms with Crippen LogP contribution in [0.4, 0.5) is 14.5 Å². The zero-order valence-corrected chi connectivity index (χ0v) is 10.8. The zero-order valence-electron chi connectivity index (χ0n) is 10.0. The van der Waals surface area contributed by atoms with E-state index in [9.17, 15) is 17.2 Å². The minimum atomic E-state index is -3.93. The van der Waals surface area contributed by atoms with E-state index in [1.54, 1.807) is 0 Å². The van der Waals surface area contributed by atoms with E-state index < -0.39 is 21.7 Å². The maximum atomic E-state index is 13.4. The van der Waals surface area contributed by atoms with Gasteiger partial charge in [0.2, 0.25) is 0 Å². The standard InChI is InChI=1S/C13H11F2NO2S/c1-9-8-10(6-7-11(9)14)19(17,18)16-13-5-3-2-4-12(13)15/h2-8,16H,1H3. The Balaban J connectivity index is 2.38. The summed E-state index contributed by atoms with van der Waals surface area (Å²) in [5.74, 6) is -1.17. The van der Waals surface area contributed by atoms with E-state index in [1.807, 2.05) is 0 Å². The summed E-state index contributed by atoms with van der Waals surface area (Å²) in [6, 6.07) is 8.80. The molecule has 0 aromatic heterocycles. The fraction of sp³-hybridized carbons (Fsp3) is 0.0769. The van der Waals surface area contributed by atoms with E-state index in [1.165, 1.54) is 31.2 Å². The second-order valence-electron chi connectivity index (χ2n) is 4.00. The third-order valence-corrected chi connectivity index (χ3v) is 3.92. The third-order valence-electron chi connectivity index (χ3n) is 2.56. The summed E-state index contributed by atoms with van der Waals surface area (Å²) >= 11 is 0. The van der Waals surface area contributed by atoms with Gasteiger partial charge in [0.15, 0.2) is 0 Å². The molecule has 0 bridgehead atoms. The normalized spacial score (nSPS) is 11.3. The minimum absolute atomic E-state index is 0.116. The molecule has 2 aromatic carbocycles.